The van der Waals surface area contributed by atoms with Crippen molar-refractivity contribution in [3.63, 3.8) is 0 Å². The van der Waals surface area contributed by atoms with Gasteiger partial charge in [0.1, 0.15) is 18.8 Å². The van der Waals surface area contributed by atoms with E-state index in [-0.39, 0.29) is 12.6 Å². The van der Waals surface area contributed by atoms with Crippen molar-refractivity contribution < 1.29 is 23.8 Å². The molecule has 3 rings (SSSR count). The largest absolute Gasteiger partial charge is 0.473 e. The van der Waals surface area contributed by atoms with Crippen molar-refractivity contribution in [1.29, 1.82) is 0 Å². The number of carbonyl (C=O) groups excluding carboxylic acids is 2. The predicted octanol–water partition coefficient (Wildman–Crippen LogP) is 3.19. The van der Waals surface area contributed by atoms with Gasteiger partial charge in [-0.05, 0) is 11.1 Å². The monoisotopic (exact) mass is 392 g/mol. The van der Waals surface area contributed by atoms with Gasteiger partial charge in [0.25, 0.3) is 0 Å². The Kier molecular flexibility index (Phi) is 6.52. The zero-order chi connectivity index (χ0) is 20.6. The van der Waals surface area contributed by atoms with E-state index in [1.54, 1.807) is 30.3 Å². The average molecular weight is 392 g/mol. The molecule has 3 aromatic rings. The molecule has 0 aliphatic rings. The van der Waals surface area contributed by atoms with Crippen molar-refractivity contribution in [2.75, 3.05) is 14.2 Å². The SMILES string of the molecule is COC(=O)C(C=O)c1ccccc1COc1cc(-c2ccccc2)nc(OC)n1. The molecular weight excluding hydrogens is 372 g/mol. The Morgan fingerprint density at radius 1 is 1.03 bits per heavy atom. The Morgan fingerprint density at radius 3 is 2.45 bits per heavy atom. The summed E-state index contributed by atoms with van der Waals surface area (Å²) in [5, 5.41) is 0. The molecule has 29 heavy (non-hydrogen) atoms. The van der Waals surface area contributed by atoms with Gasteiger partial charge in [-0.3, -0.25) is 4.79 Å². The van der Waals surface area contributed by atoms with Gasteiger partial charge in [-0.2, -0.15) is 9.97 Å². The molecule has 0 N–H and O–H groups in total. The molecule has 0 radical (unpaired) electrons. The van der Waals surface area contributed by atoms with Gasteiger partial charge >= 0.3 is 12.0 Å². The fraction of sp³-hybridized carbons (Fsp3) is 0.182. The van der Waals surface area contributed by atoms with Crippen LogP contribution in [0.3, 0.4) is 0 Å². The van der Waals surface area contributed by atoms with Gasteiger partial charge in [-0.15, -0.1) is 0 Å². The first kappa shape index (κ1) is 20.0. The molecule has 2 aromatic carbocycles. The van der Waals surface area contributed by atoms with E-state index in [1.165, 1.54) is 14.2 Å². The minimum absolute atomic E-state index is 0.103. The molecule has 0 bridgehead atoms. The van der Waals surface area contributed by atoms with Gasteiger partial charge in [0.15, 0.2) is 0 Å². The van der Waals surface area contributed by atoms with Crippen LogP contribution in [0.5, 0.6) is 11.9 Å². The Bertz CT molecular complexity index is 992. The van der Waals surface area contributed by atoms with Gasteiger partial charge in [-0.1, -0.05) is 54.6 Å². The average Bonchev–Trinajstić information content (AvgIpc) is 2.79. The highest BCUT2D eigenvalue weighted by molar-refractivity contribution is 5.94. The predicted molar refractivity (Wildman–Crippen MR) is 106 cm³/mol. The maximum atomic E-state index is 11.9. The lowest BCUT2D eigenvalue weighted by Crippen LogP contribution is -2.17. The topological polar surface area (TPSA) is 87.6 Å². The molecule has 7 nitrogen and oxygen atoms in total. The van der Waals surface area contributed by atoms with Crippen LogP contribution in [-0.2, 0) is 20.9 Å². The van der Waals surface area contributed by atoms with E-state index in [9.17, 15) is 9.59 Å². The van der Waals surface area contributed by atoms with E-state index in [1.807, 2.05) is 30.3 Å². The van der Waals surface area contributed by atoms with Crippen molar-refractivity contribution in [3.8, 4) is 23.1 Å². The minimum Gasteiger partial charge on any atom is -0.473 e. The molecule has 1 unspecified atom stereocenters. The van der Waals surface area contributed by atoms with Crippen LogP contribution >= 0.6 is 0 Å². The van der Waals surface area contributed by atoms with E-state index in [4.69, 9.17) is 14.2 Å². The second-order valence-electron chi connectivity index (χ2n) is 6.07. The van der Waals surface area contributed by atoms with Crippen LogP contribution in [0.4, 0.5) is 0 Å². The quantitative estimate of drug-likeness (QED) is 0.330. The first-order chi connectivity index (χ1) is 14.2. The normalized spacial score (nSPS) is 11.4. The fourth-order valence-corrected chi connectivity index (χ4v) is 2.83. The number of nitrogens with zero attached hydrogens (tertiary/aromatic N) is 2. The number of hydrogen-bond donors (Lipinski definition) is 0. The molecule has 7 heteroatoms. The number of ether oxygens (including phenoxy) is 3. The van der Waals surface area contributed by atoms with Gasteiger partial charge < -0.3 is 19.0 Å². The van der Waals surface area contributed by atoms with Crippen LogP contribution in [0.2, 0.25) is 0 Å². The molecule has 0 aliphatic carbocycles. The molecule has 0 saturated carbocycles. The fourth-order valence-electron chi connectivity index (χ4n) is 2.83. The maximum Gasteiger partial charge on any atom is 0.320 e. The molecule has 0 saturated heterocycles. The number of hydrogen-bond acceptors (Lipinski definition) is 7. The number of aromatic nitrogens is 2. The summed E-state index contributed by atoms with van der Waals surface area (Å²) in [6.07, 6.45) is 0.561. The van der Waals surface area contributed by atoms with E-state index in [0.717, 1.165) is 5.56 Å². The zero-order valence-electron chi connectivity index (χ0n) is 16.1. The number of carbonyl (C=O) groups is 2. The molecule has 0 spiro atoms. The number of aldehydes is 1. The van der Waals surface area contributed by atoms with Crippen molar-refractivity contribution in [2.24, 2.45) is 0 Å². The standard InChI is InChI=1S/C22H20N2O5/c1-27-21(26)18(13-25)17-11-7-6-10-16(17)14-29-20-12-19(23-22(24-20)28-2)15-8-4-3-5-9-15/h3-13,18H,14H2,1-2H3. The summed E-state index contributed by atoms with van der Waals surface area (Å²) in [4.78, 5) is 31.9. The summed E-state index contributed by atoms with van der Waals surface area (Å²) in [6.45, 7) is 0.103. The highest BCUT2D eigenvalue weighted by atomic mass is 16.5. The molecule has 0 aliphatic heterocycles. The second kappa shape index (κ2) is 9.45. The summed E-state index contributed by atoms with van der Waals surface area (Å²) in [7, 11) is 2.73. The van der Waals surface area contributed by atoms with Crippen LogP contribution in [0.1, 0.15) is 17.0 Å². The third-order valence-electron chi connectivity index (χ3n) is 4.29. The molecule has 1 aromatic heterocycles. The Labute approximate surface area is 168 Å². The second-order valence-corrected chi connectivity index (χ2v) is 6.07. The number of methoxy groups -OCH3 is 2. The van der Waals surface area contributed by atoms with E-state index >= 15 is 0 Å². The van der Waals surface area contributed by atoms with Gasteiger partial charge in [0, 0.05) is 11.6 Å². The Balaban J connectivity index is 1.87. The highest BCUT2D eigenvalue weighted by Crippen LogP contribution is 2.25. The van der Waals surface area contributed by atoms with Crippen molar-refractivity contribution >= 4 is 12.3 Å². The van der Waals surface area contributed by atoms with Crippen LogP contribution in [-0.4, -0.2) is 36.4 Å². The van der Waals surface area contributed by atoms with E-state index in [2.05, 4.69) is 9.97 Å². The summed E-state index contributed by atoms with van der Waals surface area (Å²) in [5.41, 5.74) is 2.75. The van der Waals surface area contributed by atoms with Gasteiger partial charge in [-0.25, -0.2) is 0 Å². The third-order valence-corrected chi connectivity index (χ3v) is 4.29. The van der Waals surface area contributed by atoms with Crippen molar-refractivity contribution in [2.45, 2.75) is 12.5 Å². The maximum absolute atomic E-state index is 11.9. The Hall–Kier alpha value is -3.74. The third kappa shape index (κ3) is 4.76. The van der Waals surface area contributed by atoms with Crippen LogP contribution in [0.25, 0.3) is 11.3 Å². The molecule has 0 amide bonds. The molecular formula is C22H20N2O5. The first-order valence-corrected chi connectivity index (χ1v) is 8.88. The van der Waals surface area contributed by atoms with Crippen LogP contribution in [0.15, 0.2) is 60.7 Å². The number of esters is 1. The van der Waals surface area contributed by atoms with Gasteiger partial charge in [0.2, 0.25) is 5.88 Å². The zero-order valence-corrected chi connectivity index (χ0v) is 16.1. The van der Waals surface area contributed by atoms with Gasteiger partial charge in [0.05, 0.1) is 19.9 Å². The summed E-state index contributed by atoms with van der Waals surface area (Å²) in [6, 6.07) is 18.5. The summed E-state index contributed by atoms with van der Waals surface area (Å²) < 4.78 is 15.8. The highest BCUT2D eigenvalue weighted by Gasteiger charge is 2.23. The number of rotatable bonds is 8. The molecule has 1 atom stereocenters. The lowest BCUT2D eigenvalue weighted by molar-refractivity contribution is -0.143. The lowest BCUT2D eigenvalue weighted by Gasteiger charge is -2.14. The molecule has 148 valence electrons. The van der Waals surface area contributed by atoms with E-state index in [0.29, 0.717) is 29.0 Å². The summed E-state index contributed by atoms with van der Waals surface area (Å²) >= 11 is 0. The smallest absolute Gasteiger partial charge is 0.320 e. The first-order valence-electron chi connectivity index (χ1n) is 8.88. The summed E-state index contributed by atoms with van der Waals surface area (Å²) in [5.74, 6) is -1.33. The molecule has 0 fully saturated rings. The van der Waals surface area contributed by atoms with Crippen LogP contribution in [0, 0.1) is 0 Å². The van der Waals surface area contributed by atoms with Crippen LogP contribution < -0.4 is 9.47 Å². The lowest BCUT2D eigenvalue weighted by atomic mass is 9.95. The van der Waals surface area contributed by atoms with Crippen molar-refractivity contribution in [3.05, 3.63) is 71.8 Å². The number of benzene rings is 2. The minimum atomic E-state index is -1.01. The Morgan fingerprint density at radius 2 is 1.76 bits per heavy atom. The van der Waals surface area contributed by atoms with E-state index < -0.39 is 11.9 Å². The molecule has 1 heterocycles. The van der Waals surface area contributed by atoms with Crippen molar-refractivity contribution in [1.82, 2.24) is 9.97 Å².